The Kier molecular flexibility index (Phi) is 4.28. The fourth-order valence-corrected chi connectivity index (χ4v) is 2.55. The predicted octanol–water partition coefficient (Wildman–Crippen LogP) is 1.28. The van der Waals surface area contributed by atoms with Crippen molar-refractivity contribution in [1.29, 1.82) is 0 Å². The molecule has 5 nitrogen and oxygen atoms in total. The molecule has 7 heteroatoms. The monoisotopic (exact) mass is 282 g/mol. The van der Waals surface area contributed by atoms with Crippen LogP contribution < -0.4 is 11.4 Å². The minimum atomic E-state index is -0.265. The third-order valence-electron chi connectivity index (χ3n) is 2.69. The summed E-state index contributed by atoms with van der Waals surface area (Å²) in [5, 5.41) is 3.96. The van der Waals surface area contributed by atoms with Crippen LogP contribution in [0.4, 0.5) is 4.39 Å². The van der Waals surface area contributed by atoms with Gasteiger partial charge in [-0.05, 0) is 24.6 Å². The highest BCUT2D eigenvalue weighted by atomic mass is 32.1. The molecule has 0 spiro atoms. The van der Waals surface area contributed by atoms with E-state index < -0.39 is 0 Å². The zero-order valence-electron chi connectivity index (χ0n) is 10.5. The van der Waals surface area contributed by atoms with Crippen molar-refractivity contribution >= 4 is 11.3 Å². The molecule has 2 N–H and O–H groups in total. The molecule has 2 aromatic heterocycles. The lowest BCUT2D eigenvalue weighted by atomic mass is 10.3. The Hall–Kier alpha value is -1.73. The molecule has 0 saturated heterocycles. The van der Waals surface area contributed by atoms with Crippen molar-refractivity contribution in [3.8, 4) is 0 Å². The third kappa shape index (κ3) is 3.18. The van der Waals surface area contributed by atoms with Crippen LogP contribution in [0.15, 0.2) is 35.2 Å². The van der Waals surface area contributed by atoms with Gasteiger partial charge in [0.1, 0.15) is 6.33 Å². The number of nitrogens with zero attached hydrogens (tertiary/aromatic N) is 3. The normalized spacial score (nSPS) is 12.1. The molecule has 19 heavy (non-hydrogen) atoms. The number of rotatable bonds is 5. The van der Waals surface area contributed by atoms with Crippen molar-refractivity contribution in [2.75, 3.05) is 6.54 Å². The van der Waals surface area contributed by atoms with E-state index in [2.05, 4.69) is 5.10 Å². The lowest BCUT2D eigenvalue weighted by Gasteiger charge is -2.01. The predicted molar refractivity (Wildman–Crippen MR) is 72.9 cm³/mol. The van der Waals surface area contributed by atoms with E-state index in [1.165, 1.54) is 20.5 Å². The van der Waals surface area contributed by atoms with E-state index in [1.54, 1.807) is 11.3 Å². The van der Waals surface area contributed by atoms with Gasteiger partial charge in [0.25, 0.3) is 0 Å². The molecule has 0 aliphatic carbocycles. The highest BCUT2D eigenvalue weighted by Gasteiger charge is 2.08. The van der Waals surface area contributed by atoms with Crippen LogP contribution in [-0.2, 0) is 13.1 Å². The Bertz CT molecular complexity index is 640. The van der Waals surface area contributed by atoms with Crippen LogP contribution >= 0.6 is 11.3 Å². The van der Waals surface area contributed by atoms with E-state index in [9.17, 15) is 9.18 Å². The van der Waals surface area contributed by atoms with Gasteiger partial charge < -0.3 is 5.73 Å². The quantitative estimate of drug-likeness (QED) is 0.898. The summed E-state index contributed by atoms with van der Waals surface area (Å²) in [6.07, 6.45) is 1.89. The van der Waals surface area contributed by atoms with Gasteiger partial charge in [-0.3, -0.25) is 4.57 Å². The lowest BCUT2D eigenvalue weighted by Crippen LogP contribution is -2.26. The molecule has 0 amide bonds. The van der Waals surface area contributed by atoms with Gasteiger partial charge >= 0.3 is 5.69 Å². The number of nitrogens with two attached hydrogens (primary N) is 1. The zero-order chi connectivity index (χ0) is 13.8. The van der Waals surface area contributed by atoms with E-state index in [0.29, 0.717) is 18.4 Å². The van der Waals surface area contributed by atoms with Gasteiger partial charge in [-0.25, -0.2) is 13.9 Å². The molecule has 0 bridgehead atoms. The molecule has 0 aliphatic heterocycles. The van der Waals surface area contributed by atoms with Crippen molar-refractivity contribution in [3.63, 3.8) is 0 Å². The number of hydrogen-bond donors (Lipinski definition) is 1. The first-order valence-corrected chi connectivity index (χ1v) is 6.61. The summed E-state index contributed by atoms with van der Waals surface area (Å²) in [5.74, 6) is 0. The first-order valence-electron chi connectivity index (χ1n) is 5.79. The zero-order valence-corrected chi connectivity index (χ0v) is 11.4. The second-order valence-electron chi connectivity index (χ2n) is 4.18. The summed E-state index contributed by atoms with van der Waals surface area (Å²) < 4.78 is 15.1. The Balaban J connectivity index is 2.16. The molecule has 0 fully saturated rings. The molecule has 2 heterocycles. The Morgan fingerprint density at radius 1 is 1.58 bits per heavy atom. The van der Waals surface area contributed by atoms with E-state index in [-0.39, 0.29) is 18.8 Å². The van der Waals surface area contributed by atoms with Gasteiger partial charge in [0.2, 0.25) is 0 Å². The smallest absolute Gasteiger partial charge is 0.327 e. The minimum absolute atomic E-state index is 0.0694. The number of aromatic nitrogens is 3. The summed E-state index contributed by atoms with van der Waals surface area (Å²) in [6.45, 7) is 2.65. The maximum Gasteiger partial charge on any atom is 0.346 e. The van der Waals surface area contributed by atoms with Crippen LogP contribution in [-0.4, -0.2) is 20.9 Å². The molecule has 0 aliphatic rings. The minimum Gasteiger partial charge on any atom is -0.327 e. The van der Waals surface area contributed by atoms with Crippen molar-refractivity contribution < 1.29 is 4.39 Å². The number of thiophene rings is 1. The first-order chi connectivity index (χ1) is 9.13. The van der Waals surface area contributed by atoms with Crippen LogP contribution in [0.2, 0.25) is 0 Å². The molecule has 102 valence electrons. The molecule has 2 rings (SSSR count). The van der Waals surface area contributed by atoms with Gasteiger partial charge in [-0.1, -0.05) is 0 Å². The summed E-state index contributed by atoms with van der Waals surface area (Å²) in [7, 11) is 0. The van der Waals surface area contributed by atoms with E-state index in [1.807, 2.05) is 19.1 Å². The van der Waals surface area contributed by atoms with Gasteiger partial charge in [-0.15, -0.1) is 11.3 Å². The molecule has 0 unspecified atom stereocenters. The van der Waals surface area contributed by atoms with Crippen LogP contribution in [0.5, 0.6) is 0 Å². The standard InChI is InChI=1S/C12H15FN4OS/c1-9-2-3-11(19-9)7-16-8-15-17(12(16)18)6-10(4-13)5-14/h2-4,8H,5-7,14H2,1H3. The highest BCUT2D eigenvalue weighted by Crippen LogP contribution is 2.15. The summed E-state index contributed by atoms with van der Waals surface area (Å²) in [5.41, 5.74) is 5.43. The number of hydrogen-bond acceptors (Lipinski definition) is 4. The molecule has 2 aromatic rings. The fraction of sp³-hybridized carbons (Fsp3) is 0.333. The second kappa shape index (κ2) is 5.94. The Morgan fingerprint density at radius 2 is 2.37 bits per heavy atom. The second-order valence-corrected chi connectivity index (χ2v) is 5.56. The van der Waals surface area contributed by atoms with Crippen molar-refractivity contribution in [1.82, 2.24) is 14.3 Å². The molecule has 0 aromatic carbocycles. The summed E-state index contributed by atoms with van der Waals surface area (Å²) in [6, 6.07) is 3.99. The molecule has 0 radical (unpaired) electrons. The first kappa shape index (κ1) is 13.7. The van der Waals surface area contributed by atoms with Crippen LogP contribution in [0.25, 0.3) is 0 Å². The summed E-state index contributed by atoms with van der Waals surface area (Å²) in [4.78, 5) is 14.3. The van der Waals surface area contributed by atoms with E-state index in [4.69, 9.17) is 5.73 Å². The van der Waals surface area contributed by atoms with Gasteiger partial charge in [-0.2, -0.15) is 5.10 Å². The van der Waals surface area contributed by atoms with Crippen LogP contribution in [0.3, 0.4) is 0 Å². The van der Waals surface area contributed by atoms with Crippen molar-refractivity contribution in [2.45, 2.75) is 20.0 Å². The van der Waals surface area contributed by atoms with E-state index >= 15 is 0 Å². The van der Waals surface area contributed by atoms with Crippen LogP contribution in [0, 0.1) is 6.92 Å². The van der Waals surface area contributed by atoms with Gasteiger partial charge in [0.15, 0.2) is 0 Å². The fourth-order valence-electron chi connectivity index (χ4n) is 1.66. The van der Waals surface area contributed by atoms with Crippen molar-refractivity contribution in [2.24, 2.45) is 5.73 Å². The Labute approximate surface area is 113 Å². The van der Waals surface area contributed by atoms with Crippen LogP contribution in [0.1, 0.15) is 9.75 Å². The maximum atomic E-state index is 12.4. The Morgan fingerprint density at radius 3 is 2.95 bits per heavy atom. The number of aryl methyl sites for hydroxylation is 1. The number of halogens is 1. The van der Waals surface area contributed by atoms with E-state index in [0.717, 1.165) is 4.88 Å². The molecular weight excluding hydrogens is 267 g/mol. The molecule has 0 atom stereocenters. The molecule has 0 saturated carbocycles. The highest BCUT2D eigenvalue weighted by molar-refractivity contribution is 7.11. The topological polar surface area (TPSA) is 65.8 Å². The summed E-state index contributed by atoms with van der Waals surface area (Å²) >= 11 is 1.64. The largest absolute Gasteiger partial charge is 0.346 e. The average Bonchev–Trinajstić information content (AvgIpc) is 2.96. The van der Waals surface area contributed by atoms with Gasteiger partial charge in [0, 0.05) is 16.3 Å². The average molecular weight is 282 g/mol. The van der Waals surface area contributed by atoms with Crippen molar-refractivity contribution in [3.05, 3.63) is 50.6 Å². The SMILES string of the molecule is Cc1ccc(Cn2cnn(CC(=CF)CN)c2=O)s1. The molecular formula is C12H15FN4OS. The third-order valence-corrected chi connectivity index (χ3v) is 3.67. The lowest BCUT2D eigenvalue weighted by molar-refractivity contribution is 0.604. The maximum absolute atomic E-state index is 12.4. The van der Waals surface area contributed by atoms with Gasteiger partial charge in [0.05, 0.1) is 19.4 Å².